The van der Waals surface area contributed by atoms with E-state index in [0.29, 0.717) is 36.8 Å². The van der Waals surface area contributed by atoms with Gasteiger partial charge in [0.1, 0.15) is 19.0 Å². The fraction of sp³-hybridized carbons (Fsp3) is 0.348. The van der Waals surface area contributed by atoms with Crippen molar-refractivity contribution in [3.8, 4) is 11.5 Å². The van der Waals surface area contributed by atoms with Crippen LogP contribution in [0.4, 0.5) is 0 Å². The number of nitrogens with zero attached hydrogens (tertiary/aromatic N) is 2. The summed E-state index contributed by atoms with van der Waals surface area (Å²) in [4.78, 5) is 31.4. The second-order valence-electron chi connectivity index (χ2n) is 7.34. The third kappa shape index (κ3) is 3.63. The topological polar surface area (TPSA) is 89.0 Å². The molecule has 1 amide bonds. The van der Waals surface area contributed by atoms with Crippen LogP contribution in [0.25, 0.3) is 5.76 Å². The Balaban J connectivity index is 1.79. The number of fused-ring (bicyclic) bond motifs is 1. The summed E-state index contributed by atoms with van der Waals surface area (Å²) >= 11 is 0. The lowest BCUT2D eigenvalue weighted by Gasteiger charge is -2.25. The van der Waals surface area contributed by atoms with E-state index in [9.17, 15) is 14.7 Å². The number of aliphatic hydroxyl groups excluding tert-OH is 1. The van der Waals surface area contributed by atoms with E-state index in [1.54, 1.807) is 47.6 Å². The van der Waals surface area contributed by atoms with Gasteiger partial charge in [-0.25, -0.2) is 0 Å². The zero-order valence-corrected chi connectivity index (χ0v) is 16.8. The standard InChI is InChI=1S/C23H24N2O5/c1-2-3-4-11-25-20(15-7-9-24-10-8-15)19(22(27)23(25)28)21(26)16-5-6-17-18(14-16)30-13-12-29-17/h5-10,14,20,26H,2-4,11-13H2,1H3/b21-19-. The zero-order chi connectivity index (χ0) is 21.1. The molecule has 3 heterocycles. The molecule has 30 heavy (non-hydrogen) atoms. The molecule has 0 bridgehead atoms. The highest BCUT2D eigenvalue weighted by Gasteiger charge is 2.45. The fourth-order valence-electron chi connectivity index (χ4n) is 3.88. The van der Waals surface area contributed by atoms with Gasteiger partial charge in [-0.3, -0.25) is 14.6 Å². The molecule has 1 atom stereocenters. The quantitative estimate of drug-likeness (QED) is 0.341. The fourth-order valence-corrected chi connectivity index (χ4v) is 3.88. The van der Waals surface area contributed by atoms with Crippen LogP contribution >= 0.6 is 0 Å². The lowest BCUT2D eigenvalue weighted by Crippen LogP contribution is -2.30. The van der Waals surface area contributed by atoms with E-state index >= 15 is 0 Å². The SMILES string of the molecule is CCCCCN1C(=O)C(=O)/C(=C(\O)c2ccc3c(c2)OCCO3)C1c1ccncc1. The number of hydrogen-bond donors (Lipinski definition) is 1. The molecule has 7 heteroatoms. The molecule has 1 unspecified atom stereocenters. The van der Waals surface area contributed by atoms with Crippen molar-refractivity contribution in [2.75, 3.05) is 19.8 Å². The summed E-state index contributed by atoms with van der Waals surface area (Å²) in [5.41, 5.74) is 1.23. The zero-order valence-electron chi connectivity index (χ0n) is 16.8. The summed E-state index contributed by atoms with van der Waals surface area (Å²) in [5, 5.41) is 11.1. The first-order valence-corrected chi connectivity index (χ1v) is 10.2. The van der Waals surface area contributed by atoms with Gasteiger partial charge in [-0.1, -0.05) is 19.8 Å². The Morgan fingerprint density at radius 3 is 2.57 bits per heavy atom. The average molecular weight is 408 g/mol. The summed E-state index contributed by atoms with van der Waals surface area (Å²) in [6.45, 7) is 3.40. The van der Waals surface area contributed by atoms with E-state index in [2.05, 4.69) is 11.9 Å². The van der Waals surface area contributed by atoms with Gasteiger partial charge in [0.05, 0.1) is 11.6 Å². The summed E-state index contributed by atoms with van der Waals surface area (Å²) in [7, 11) is 0. The Morgan fingerprint density at radius 2 is 1.83 bits per heavy atom. The monoisotopic (exact) mass is 408 g/mol. The van der Waals surface area contributed by atoms with Crippen LogP contribution in [0.5, 0.6) is 11.5 Å². The Labute approximate surface area is 174 Å². The van der Waals surface area contributed by atoms with E-state index in [1.807, 2.05) is 0 Å². The van der Waals surface area contributed by atoms with Crippen LogP contribution in [0, 0.1) is 0 Å². The molecule has 2 aliphatic heterocycles. The highest BCUT2D eigenvalue weighted by Crippen LogP contribution is 2.41. The van der Waals surface area contributed by atoms with Crippen molar-refractivity contribution in [3.05, 3.63) is 59.4 Å². The lowest BCUT2D eigenvalue weighted by atomic mass is 9.95. The van der Waals surface area contributed by atoms with Crippen molar-refractivity contribution in [1.82, 2.24) is 9.88 Å². The molecule has 0 aliphatic carbocycles. The second kappa shape index (κ2) is 8.57. The van der Waals surface area contributed by atoms with Gasteiger partial charge in [0, 0.05) is 24.5 Å². The number of carbonyl (C=O) groups excluding carboxylic acids is 2. The molecule has 156 valence electrons. The number of ether oxygens (including phenoxy) is 2. The van der Waals surface area contributed by atoms with Crippen molar-refractivity contribution < 1.29 is 24.2 Å². The molecule has 1 aromatic carbocycles. The van der Waals surface area contributed by atoms with Crippen molar-refractivity contribution >= 4 is 17.4 Å². The number of hydrogen-bond acceptors (Lipinski definition) is 6. The van der Waals surface area contributed by atoms with E-state index < -0.39 is 17.7 Å². The number of amides is 1. The Hall–Kier alpha value is -3.35. The number of aromatic nitrogens is 1. The molecule has 4 rings (SSSR count). The second-order valence-corrected chi connectivity index (χ2v) is 7.34. The van der Waals surface area contributed by atoms with Gasteiger partial charge < -0.3 is 19.5 Å². The van der Waals surface area contributed by atoms with Gasteiger partial charge in [-0.2, -0.15) is 0 Å². The summed E-state index contributed by atoms with van der Waals surface area (Å²) < 4.78 is 11.1. The maximum Gasteiger partial charge on any atom is 0.295 e. The van der Waals surface area contributed by atoms with Gasteiger partial charge >= 0.3 is 0 Å². The van der Waals surface area contributed by atoms with Gasteiger partial charge in [0.2, 0.25) is 0 Å². The summed E-state index contributed by atoms with van der Waals surface area (Å²) in [5.74, 6) is -0.399. The first-order chi connectivity index (χ1) is 14.6. The largest absolute Gasteiger partial charge is 0.507 e. The number of rotatable bonds is 6. The molecule has 0 radical (unpaired) electrons. The number of likely N-dealkylation sites (tertiary alicyclic amines) is 1. The van der Waals surface area contributed by atoms with Crippen LogP contribution in [-0.2, 0) is 9.59 Å². The minimum absolute atomic E-state index is 0.0828. The minimum Gasteiger partial charge on any atom is -0.507 e. The number of aliphatic hydroxyl groups is 1. The number of unbranched alkanes of at least 4 members (excludes halogenated alkanes) is 2. The molecule has 2 aromatic rings. The Kier molecular flexibility index (Phi) is 5.70. The van der Waals surface area contributed by atoms with Crippen molar-refractivity contribution in [2.45, 2.75) is 32.2 Å². The van der Waals surface area contributed by atoms with Crippen molar-refractivity contribution in [3.63, 3.8) is 0 Å². The maximum atomic E-state index is 13.0. The van der Waals surface area contributed by atoms with E-state index in [4.69, 9.17) is 9.47 Å². The molecule has 1 fully saturated rings. The molecule has 2 aliphatic rings. The van der Waals surface area contributed by atoms with Gasteiger partial charge in [0.15, 0.2) is 11.5 Å². The molecule has 1 saturated heterocycles. The van der Waals surface area contributed by atoms with E-state index in [0.717, 1.165) is 24.8 Å². The lowest BCUT2D eigenvalue weighted by molar-refractivity contribution is -0.139. The number of carbonyl (C=O) groups is 2. The Morgan fingerprint density at radius 1 is 1.10 bits per heavy atom. The molecule has 0 spiro atoms. The minimum atomic E-state index is -0.680. The van der Waals surface area contributed by atoms with Crippen LogP contribution in [0.2, 0.25) is 0 Å². The van der Waals surface area contributed by atoms with Crippen LogP contribution in [0.1, 0.15) is 43.4 Å². The predicted octanol–water partition coefficient (Wildman–Crippen LogP) is 3.46. The van der Waals surface area contributed by atoms with E-state index in [1.165, 1.54) is 0 Å². The Bertz CT molecular complexity index is 986. The first-order valence-electron chi connectivity index (χ1n) is 10.2. The third-order valence-electron chi connectivity index (χ3n) is 5.38. The van der Waals surface area contributed by atoms with Gasteiger partial charge in [-0.15, -0.1) is 0 Å². The number of ketones is 1. The van der Waals surface area contributed by atoms with Crippen molar-refractivity contribution in [2.24, 2.45) is 0 Å². The molecular formula is C23H24N2O5. The van der Waals surface area contributed by atoms with Crippen LogP contribution < -0.4 is 9.47 Å². The highest BCUT2D eigenvalue weighted by molar-refractivity contribution is 6.46. The molecule has 1 N–H and O–H groups in total. The first kappa shape index (κ1) is 19.9. The molecular weight excluding hydrogens is 384 g/mol. The molecule has 0 saturated carbocycles. The summed E-state index contributed by atoms with van der Waals surface area (Å²) in [6.07, 6.45) is 5.97. The molecule has 7 nitrogen and oxygen atoms in total. The van der Waals surface area contributed by atoms with E-state index in [-0.39, 0.29) is 11.3 Å². The smallest absolute Gasteiger partial charge is 0.295 e. The van der Waals surface area contributed by atoms with Crippen molar-refractivity contribution in [1.29, 1.82) is 0 Å². The normalized spacial score (nSPS) is 19.9. The average Bonchev–Trinajstić information content (AvgIpc) is 3.04. The van der Waals surface area contributed by atoms with Crippen LogP contribution in [0.15, 0.2) is 48.3 Å². The highest BCUT2D eigenvalue weighted by atomic mass is 16.6. The maximum absolute atomic E-state index is 13.0. The predicted molar refractivity (Wildman–Crippen MR) is 110 cm³/mol. The number of Topliss-reactive ketones (excluding diaryl/α,β-unsaturated/α-hetero) is 1. The summed E-state index contributed by atoms with van der Waals surface area (Å²) in [6, 6.07) is 7.87. The van der Waals surface area contributed by atoms with Gasteiger partial charge in [-0.05, 0) is 42.3 Å². The van der Waals surface area contributed by atoms with Gasteiger partial charge in [0.25, 0.3) is 11.7 Å². The van der Waals surface area contributed by atoms with Crippen LogP contribution in [0.3, 0.4) is 0 Å². The number of benzene rings is 1. The molecule has 1 aromatic heterocycles. The third-order valence-corrected chi connectivity index (χ3v) is 5.38. The number of pyridine rings is 1. The van der Waals surface area contributed by atoms with Crippen LogP contribution in [-0.4, -0.2) is 46.4 Å².